The monoisotopic (exact) mass is 171 g/mol. The average molecular weight is 171 g/mol. The first-order valence-corrected chi connectivity index (χ1v) is 5.21. The van der Waals surface area contributed by atoms with Crippen molar-refractivity contribution >= 4 is 0 Å². The van der Waals surface area contributed by atoms with E-state index in [4.69, 9.17) is 10.5 Å². The summed E-state index contributed by atoms with van der Waals surface area (Å²) in [7, 11) is 0. The third-order valence-electron chi connectivity index (χ3n) is 2.57. The van der Waals surface area contributed by atoms with Gasteiger partial charge in [0.05, 0.1) is 0 Å². The van der Waals surface area contributed by atoms with Crippen LogP contribution in [-0.2, 0) is 4.74 Å². The summed E-state index contributed by atoms with van der Waals surface area (Å²) in [6.07, 6.45) is 7.83. The molecule has 0 spiro atoms. The van der Waals surface area contributed by atoms with Crippen LogP contribution in [0.4, 0.5) is 0 Å². The van der Waals surface area contributed by atoms with E-state index in [1.165, 1.54) is 25.7 Å². The van der Waals surface area contributed by atoms with Gasteiger partial charge in [-0.15, -0.1) is 0 Å². The highest BCUT2D eigenvalue weighted by molar-refractivity contribution is 4.66. The Labute approximate surface area is 75.5 Å². The fourth-order valence-electron chi connectivity index (χ4n) is 1.78. The quantitative estimate of drug-likeness (QED) is 0.620. The molecule has 0 aromatic heterocycles. The highest BCUT2D eigenvalue weighted by atomic mass is 16.5. The molecule has 0 amide bonds. The molecule has 0 bridgehead atoms. The van der Waals surface area contributed by atoms with Gasteiger partial charge in [0.15, 0.2) is 0 Å². The van der Waals surface area contributed by atoms with Gasteiger partial charge in [0, 0.05) is 13.2 Å². The molecule has 0 atom stereocenters. The van der Waals surface area contributed by atoms with E-state index in [1.54, 1.807) is 0 Å². The molecule has 0 aromatic carbocycles. The standard InChI is InChI=1S/C10H21NO/c11-7-3-4-8-12-9-10-5-1-2-6-10/h10H,1-9,11H2. The van der Waals surface area contributed by atoms with Gasteiger partial charge in [-0.25, -0.2) is 0 Å². The molecule has 0 unspecified atom stereocenters. The number of nitrogens with two attached hydrogens (primary N) is 1. The van der Waals surface area contributed by atoms with Gasteiger partial charge in [-0.3, -0.25) is 0 Å². The summed E-state index contributed by atoms with van der Waals surface area (Å²) >= 11 is 0. The van der Waals surface area contributed by atoms with Gasteiger partial charge >= 0.3 is 0 Å². The van der Waals surface area contributed by atoms with Gasteiger partial charge in [-0.05, 0) is 38.1 Å². The van der Waals surface area contributed by atoms with E-state index in [-0.39, 0.29) is 0 Å². The summed E-state index contributed by atoms with van der Waals surface area (Å²) in [6.45, 7) is 2.70. The van der Waals surface area contributed by atoms with Gasteiger partial charge in [-0.2, -0.15) is 0 Å². The molecule has 2 nitrogen and oxygen atoms in total. The van der Waals surface area contributed by atoms with Crippen molar-refractivity contribution in [3.63, 3.8) is 0 Å². The molecule has 12 heavy (non-hydrogen) atoms. The van der Waals surface area contributed by atoms with Crippen molar-refractivity contribution in [3.8, 4) is 0 Å². The molecule has 2 N–H and O–H groups in total. The lowest BCUT2D eigenvalue weighted by Crippen LogP contribution is -2.07. The van der Waals surface area contributed by atoms with E-state index in [1.807, 2.05) is 0 Å². The second-order valence-corrected chi connectivity index (χ2v) is 3.72. The zero-order valence-electron chi connectivity index (χ0n) is 7.93. The Morgan fingerprint density at radius 3 is 2.58 bits per heavy atom. The Morgan fingerprint density at radius 1 is 1.17 bits per heavy atom. The molecule has 1 aliphatic carbocycles. The third kappa shape index (κ3) is 4.07. The first kappa shape index (κ1) is 10.0. The number of unbranched alkanes of at least 4 members (excludes halogenated alkanes) is 1. The fraction of sp³-hybridized carbons (Fsp3) is 1.00. The van der Waals surface area contributed by atoms with Crippen molar-refractivity contribution in [2.24, 2.45) is 11.7 Å². The molecule has 72 valence electrons. The molecule has 0 aliphatic heterocycles. The van der Waals surface area contributed by atoms with Crippen LogP contribution in [0.25, 0.3) is 0 Å². The molecule has 1 aliphatic rings. The van der Waals surface area contributed by atoms with Crippen LogP contribution in [0.5, 0.6) is 0 Å². The molecule has 0 radical (unpaired) electrons. The maximum atomic E-state index is 5.56. The molecule has 0 heterocycles. The fourth-order valence-corrected chi connectivity index (χ4v) is 1.78. The average Bonchev–Trinajstić information content (AvgIpc) is 2.57. The van der Waals surface area contributed by atoms with Gasteiger partial charge in [0.2, 0.25) is 0 Å². The lowest BCUT2D eigenvalue weighted by atomic mass is 10.1. The summed E-state index contributed by atoms with van der Waals surface area (Å²) in [4.78, 5) is 0. The van der Waals surface area contributed by atoms with Crippen LogP contribution in [0.2, 0.25) is 0 Å². The Morgan fingerprint density at radius 2 is 1.92 bits per heavy atom. The first-order chi connectivity index (χ1) is 5.93. The molecule has 1 rings (SSSR count). The second-order valence-electron chi connectivity index (χ2n) is 3.72. The van der Waals surface area contributed by atoms with Crippen LogP contribution in [0.15, 0.2) is 0 Å². The van der Waals surface area contributed by atoms with Crippen LogP contribution >= 0.6 is 0 Å². The largest absolute Gasteiger partial charge is 0.381 e. The van der Waals surface area contributed by atoms with Crippen LogP contribution < -0.4 is 5.73 Å². The zero-order valence-corrected chi connectivity index (χ0v) is 7.93. The highest BCUT2D eigenvalue weighted by Gasteiger charge is 2.14. The number of ether oxygens (including phenoxy) is 1. The number of hydrogen-bond acceptors (Lipinski definition) is 2. The van der Waals surface area contributed by atoms with E-state index >= 15 is 0 Å². The van der Waals surface area contributed by atoms with E-state index in [2.05, 4.69) is 0 Å². The lowest BCUT2D eigenvalue weighted by Gasteiger charge is -2.08. The number of rotatable bonds is 6. The Hall–Kier alpha value is -0.0800. The predicted molar refractivity (Wildman–Crippen MR) is 51.1 cm³/mol. The molecule has 0 saturated heterocycles. The van der Waals surface area contributed by atoms with Crippen LogP contribution in [-0.4, -0.2) is 19.8 Å². The van der Waals surface area contributed by atoms with Crippen LogP contribution in [0.1, 0.15) is 38.5 Å². The summed E-state index contributed by atoms with van der Waals surface area (Å²) < 4.78 is 5.56. The van der Waals surface area contributed by atoms with Crippen LogP contribution in [0, 0.1) is 5.92 Å². The van der Waals surface area contributed by atoms with E-state index in [0.29, 0.717) is 0 Å². The van der Waals surface area contributed by atoms with Crippen molar-refractivity contribution in [1.82, 2.24) is 0 Å². The zero-order chi connectivity index (χ0) is 8.65. The maximum absolute atomic E-state index is 5.56. The molecule has 2 heteroatoms. The van der Waals surface area contributed by atoms with E-state index in [0.717, 1.165) is 38.5 Å². The minimum absolute atomic E-state index is 0.798. The summed E-state index contributed by atoms with van der Waals surface area (Å²) in [5.41, 5.74) is 5.38. The SMILES string of the molecule is NCCCCOCC1CCCC1. The van der Waals surface area contributed by atoms with Crippen LogP contribution in [0.3, 0.4) is 0 Å². The summed E-state index contributed by atoms with van der Waals surface area (Å²) in [5, 5.41) is 0. The minimum atomic E-state index is 0.798. The topological polar surface area (TPSA) is 35.2 Å². The van der Waals surface area contributed by atoms with Gasteiger partial charge in [0.1, 0.15) is 0 Å². The molecular weight excluding hydrogens is 150 g/mol. The normalized spacial score (nSPS) is 18.8. The molecule has 1 saturated carbocycles. The Bertz CT molecular complexity index is 100. The first-order valence-electron chi connectivity index (χ1n) is 5.21. The van der Waals surface area contributed by atoms with Gasteiger partial charge in [0.25, 0.3) is 0 Å². The lowest BCUT2D eigenvalue weighted by molar-refractivity contribution is 0.0986. The van der Waals surface area contributed by atoms with E-state index in [9.17, 15) is 0 Å². The third-order valence-corrected chi connectivity index (χ3v) is 2.57. The van der Waals surface area contributed by atoms with E-state index < -0.39 is 0 Å². The van der Waals surface area contributed by atoms with Gasteiger partial charge in [-0.1, -0.05) is 12.8 Å². The minimum Gasteiger partial charge on any atom is -0.381 e. The summed E-state index contributed by atoms with van der Waals surface area (Å²) in [6, 6.07) is 0. The second kappa shape index (κ2) is 6.44. The smallest absolute Gasteiger partial charge is 0.0494 e. The van der Waals surface area contributed by atoms with Crippen molar-refractivity contribution in [2.75, 3.05) is 19.8 Å². The Kier molecular flexibility index (Phi) is 5.37. The van der Waals surface area contributed by atoms with Crippen molar-refractivity contribution < 1.29 is 4.74 Å². The predicted octanol–water partition coefficient (Wildman–Crippen LogP) is 1.93. The van der Waals surface area contributed by atoms with Gasteiger partial charge < -0.3 is 10.5 Å². The molecular formula is C10H21NO. The Balaban J connectivity index is 1.81. The highest BCUT2D eigenvalue weighted by Crippen LogP contribution is 2.24. The van der Waals surface area contributed by atoms with Crippen molar-refractivity contribution in [2.45, 2.75) is 38.5 Å². The molecule has 0 aromatic rings. The number of hydrogen-bond donors (Lipinski definition) is 1. The summed E-state index contributed by atoms with van der Waals surface area (Å²) in [5.74, 6) is 0.864. The van der Waals surface area contributed by atoms with Crippen molar-refractivity contribution in [1.29, 1.82) is 0 Å². The maximum Gasteiger partial charge on any atom is 0.0494 e. The van der Waals surface area contributed by atoms with Crippen molar-refractivity contribution in [3.05, 3.63) is 0 Å². The molecule has 1 fully saturated rings.